The highest BCUT2D eigenvalue weighted by atomic mass is 35.5. The van der Waals surface area contributed by atoms with E-state index in [0.717, 1.165) is 22.3 Å². The second kappa shape index (κ2) is 10.8. The first-order valence-corrected chi connectivity index (χ1v) is 10.4. The highest BCUT2D eigenvalue weighted by Crippen LogP contribution is 2.27. The van der Waals surface area contributed by atoms with Gasteiger partial charge in [0.2, 0.25) is 0 Å². The Bertz CT molecular complexity index is 1210. The maximum Gasteiger partial charge on any atom is 0.251 e. The molecule has 1 heterocycles. The van der Waals surface area contributed by atoms with Crippen molar-refractivity contribution in [3.63, 3.8) is 0 Å². The number of benzene rings is 2. The van der Waals surface area contributed by atoms with Crippen molar-refractivity contribution >= 4 is 23.3 Å². The maximum absolute atomic E-state index is 13.3. The zero-order valence-corrected chi connectivity index (χ0v) is 18.8. The van der Waals surface area contributed by atoms with Crippen LogP contribution in [-0.4, -0.2) is 37.0 Å². The van der Waals surface area contributed by atoms with Crippen molar-refractivity contribution in [3.05, 3.63) is 93.1 Å². The summed E-state index contributed by atoms with van der Waals surface area (Å²) in [5.41, 5.74) is 0.382. The van der Waals surface area contributed by atoms with E-state index in [0.29, 0.717) is 17.9 Å². The Kier molecular flexibility index (Phi) is 7.84. The fraction of sp³-hybridized carbons (Fsp3) is 0.208. The van der Waals surface area contributed by atoms with Crippen molar-refractivity contribution in [3.8, 4) is 11.5 Å². The number of ether oxygens (including phenoxy) is 2. The third-order valence-corrected chi connectivity index (χ3v) is 5.19. The zero-order valence-electron chi connectivity index (χ0n) is 18.0. The van der Waals surface area contributed by atoms with E-state index < -0.39 is 29.1 Å². The molecule has 0 radical (unpaired) electrons. The van der Waals surface area contributed by atoms with Gasteiger partial charge in [0.05, 0.1) is 19.2 Å². The molecular formula is C24H22ClFN2O5. The van der Waals surface area contributed by atoms with E-state index in [9.17, 15) is 18.8 Å². The quantitative estimate of drug-likeness (QED) is 0.381. The van der Waals surface area contributed by atoms with Gasteiger partial charge in [-0.05, 0) is 54.4 Å². The maximum atomic E-state index is 13.3. The van der Waals surface area contributed by atoms with Gasteiger partial charge in [-0.1, -0.05) is 17.7 Å². The number of ketones is 1. The molecule has 7 nitrogen and oxygen atoms in total. The van der Waals surface area contributed by atoms with E-state index in [1.54, 1.807) is 12.1 Å². The molecule has 172 valence electrons. The van der Waals surface area contributed by atoms with Crippen LogP contribution in [0.25, 0.3) is 0 Å². The highest BCUT2D eigenvalue weighted by molar-refractivity contribution is 6.30. The van der Waals surface area contributed by atoms with E-state index in [-0.39, 0.29) is 17.1 Å². The van der Waals surface area contributed by atoms with Crippen molar-refractivity contribution in [2.45, 2.75) is 12.5 Å². The molecular weight excluding hydrogens is 451 g/mol. The number of carbonyl (C=O) groups is 2. The molecule has 1 amide bonds. The van der Waals surface area contributed by atoms with E-state index >= 15 is 0 Å². The van der Waals surface area contributed by atoms with Crippen molar-refractivity contribution in [2.24, 2.45) is 0 Å². The van der Waals surface area contributed by atoms with Gasteiger partial charge in [-0.3, -0.25) is 19.0 Å². The van der Waals surface area contributed by atoms with Crippen LogP contribution in [0.15, 0.2) is 65.6 Å². The molecule has 0 aliphatic rings. The SMILES string of the molecule is COc1ccc(CCNC(=O)C(C(=O)c2ccc(F)cc2)n2cc(Cl)ccc2=O)cc1OC. The first-order valence-electron chi connectivity index (χ1n) is 10.00. The highest BCUT2D eigenvalue weighted by Gasteiger charge is 2.30. The predicted molar refractivity (Wildman–Crippen MR) is 122 cm³/mol. The lowest BCUT2D eigenvalue weighted by atomic mass is 10.0. The van der Waals surface area contributed by atoms with Crippen LogP contribution >= 0.6 is 11.6 Å². The molecule has 1 atom stereocenters. The standard InChI is InChI=1S/C24H22ClFN2O5/c1-32-19-9-3-15(13-20(19)33-2)11-12-27-24(31)22(28-14-17(25)6-10-21(28)29)23(30)16-4-7-18(26)8-5-16/h3-10,13-14,22H,11-12H2,1-2H3,(H,27,31). The molecule has 1 unspecified atom stereocenters. The molecule has 0 aliphatic heterocycles. The molecule has 9 heteroatoms. The minimum atomic E-state index is -1.51. The summed E-state index contributed by atoms with van der Waals surface area (Å²) < 4.78 is 24.8. The predicted octanol–water partition coefficient (Wildman–Crippen LogP) is 3.44. The largest absolute Gasteiger partial charge is 0.493 e. The van der Waals surface area contributed by atoms with Crippen LogP contribution in [0.3, 0.4) is 0 Å². The number of nitrogens with zero attached hydrogens (tertiary/aromatic N) is 1. The number of aromatic nitrogens is 1. The number of amides is 1. The lowest BCUT2D eigenvalue weighted by molar-refractivity contribution is -0.123. The van der Waals surface area contributed by atoms with E-state index in [1.807, 2.05) is 6.07 Å². The monoisotopic (exact) mass is 472 g/mol. The van der Waals surface area contributed by atoms with E-state index in [2.05, 4.69) is 5.32 Å². The Labute approximate surface area is 194 Å². The fourth-order valence-electron chi connectivity index (χ4n) is 3.28. The van der Waals surface area contributed by atoms with E-state index in [1.165, 1.54) is 44.7 Å². The van der Waals surface area contributed by atoms with Crippen LogP contribution in [0, 0.1) is 5.82 Å². The first-order chi connectivity index (χ1) is 15.8. The average molecular weight is 473 g/mol. The van der Waals surface area contributed by atoms with Gasteiger partial charge in [0.1, 0.15) is 5.82 Å². The molecule has 33 heavy (non-hydrogen) atoms. The van der Waals surface area contributed by atoms with Crippen molar-refractivity contribution < 1.29 is 23.5 Å². The molecule has 3 aromatic rings. The third kappa shape index (κ3) is 5.78. The van der Waals surface area contributed by atoms with Crippen molar-refractivity contribution in [2.75, 3.05) is 20.8 Å². The molecule has 1 aromatic heterocycles. The summed E-state index contributed by atoms with van der Waals surface area (Å²) in [6.07, 6.45) is 1.66. The van der Waals surface area contributed by atoms with Crippen molar-refractivity contribution in [1.29, 1.82) is 0 Å². The summed E-state index contributed by atoms with van der Waals surface area (Å²) in [4.78, 5) is 38.6. The number of nitrogens with one attached hydrogen (secondary N) is 1. The van der Waals surface area contributed by atoms with Crippen molar-refractivity contribution in [1.82, 2.24) is 9.88 Å². The van der Waals surface area contributed by atoms with Crippen LogP contribution in [0.4, 0.5) is 4.39 Å². The van der Waals surface area contributed by atoms with Gasteiger partial charge in [-0.25, -0.2) is 4.39 Å². The number of methoxy groups -OCH3 is 2. The molecule has 3 rings (SSSR count). The number of pyridine rings is 1. The van der Waals surface area contributed by atoms with Gasteiger partial charge in [0.25, 0.3) is 11.5 Å². The van der Waals surface area contributed by atoms with Crippen LogP contribution in [-0.2, 0) is 11.2 Å². The lowest BCUT2D eigenvalue weighted by Gasteiger charge is -2.19. The van der Waals surface area contributed by atoms with Gasteiger partial charge in [0.15, 0.2) is 23.3 Å². The Morgan fingerprint density at radius 2 is 1.73 bits per heavy atom. The number of carbonyl (C=O) groups excluding carboxylic acids is 2. The normalized spacial score (nSPS) is 11.5. The number of rotatable bonds is 9. The Hall–Kier alpha value is -3.65. The summed E-state index contributed by atoms with van der Waals surface area (Å²) in [5, 5.41) is 2.88. The topological polar surface area (TPSA) is 86.6 Å². The summed E-state index contributed by atoms with van der Waals surface area (Å²) >= 11 is 6.00. The molecule has 0 saturated heterocycles. The van der Waals surface area contributed by atoms with Gasteiger partial charge in [0, 0.05) is 24.4 Å². The second-order valence-corrected chi connectivity index (χ2v) is 7.53. The number of halogens is 2. The molecule has 0 aliphatic carbocycles. The molecule has 0 spiro atoms. The summed E-state index contributed by atoms with van der Waals surface area (Å²) in [6, 6.07) is 11.1. The Morgan fingerprint density at radius 3 is 2.39 bits per heavy atom. The number of hydrogen-bond donors (Lipinski definition) is 1. The molecule has 0 fully saturated rings. The number of Topliss-reactive ketones (excluding diaryl/α,β-unsaturated/α-hetero) is 1. The molecule has 1 N–H and O–H groups in total. The van der Waals surface area contributed by atoms with Gasteiger partial charge in [-0.15, -0.1) is 0 Å². The summed E-state index contributed by atoms with van der Waals surface area (Å²) in [5.74, 6) is -0.744. The molecule has 0 bridgehead atoms. The lowest BCUT2D eigenvalue weighted by Crippen LogP contribution is -2.41. The second-order valence-electron chi connectivity index (χ2n) is 7.10. The Morgan fingerprint density at radius 1 is 1.03 bits per heavy atom. The van der Waals surface area contributed by atoms with Crippen LogP contribution < -0.4 is 20.3 Å². The van der Waals surface area contributed by atoms with E-state index in [4.69, 9.17) is 21.1 Å². The Balaban J connectivity index is 1.82. The zero-order chi connectivity index (χ0) is 24.0. The number of hydrogen-bond acceptors (Lipinski definition) is 5. The molecule has 0 saturated carbocycles. The summed E-state index contributed by atoms with van der Waals surface area (Å²) in [7, 11) is 3.06. The van der Waals surface area contributed by atoms with Crippen LogP contribution in [0.2, 0.25) is 5.02 Å². The van der Waals surface area contributed by atoms with Crippen LogP contribution in [0.1, 0.15) is 22.0 Å². The minimum Gasteiger partial charge on any atom is -0.493 e. The van der Waals surface area contributed by atoms with Gasteiger partial charge < -0.3 is 14.8 Å². The molecule has 2 aromatic carbocycles. The average Bonchev–Trinajstić information content (AvgIpc) is 2.81. The van der Waals surface area contributed by atoms with Crippen LogP contribution in [0.5, 0.6) is 11.5 Å². The minimum absolute atomic E-state index is 0.0864. The van der Waals surface area contributed by atoms with Gasteiger partial charge in [-0.2, -0.15) is 0 Å². The fourth-order valence-corrected chi connectivity index (χ4v) is 3.45. The smallest absolute Gasteiger partial charge is 0.251 e. The summed E-state index contributed by atoms with van der Waals surface area (Å²) in [6.45, 7) is 0.191. The first kappa shape index (κ1) is 24.0. The third-order valence-electron chi connectivity index (χ3n) is 4.97. The van der Waals surface area contributed by atoms with Gasteiger partial charge >= 0.3 is 0 Å².